The molecule has 26 heavy (non-hydrogen) atoms. The van der Waals surface area contributed by atoms with Gasteiger partial charge in [0.15, 0.2) is 0 Å². The number of nitrogens with zero attached hydrogens (tertiary/aromatic N) is 1. The Balaban J connectivity index is 1.09. The number of carbonyl (C=O) groups excluding carboxylic acids is 2. The lowest BCUT2D eigenvalue weighted by Gasteiger charge is -2.39. The van der Waals surface area contributed by atoms with Crippen LogP contribution < -0.4 is 10.6 Å². The van der Waals surface area contributed by atoms with E-state index in [2.05, 4.69) is 15.5 Å². The van der Waals surface area contributed by atoms with E-state index in [0.717, 1.165) is 49.3 Å². The van der Waals surface area contributed by atoms with E-state index in [1.807, 2.05) is 11.8 Å². The third kappa shape index (κ3) is 3.23. The molecule has 6 heteroatoms. The van der Waals surface area contributed by atoms with Crippen molar-refractivity contribution in [2.24, 2.45) is 17.8 Å². The van der Waals surface area contributed by atoms with Crippen molar-refractivity contribution >= 4 is 23.7 Å². The number of fused-ring (bicyclic) bond motifs is 2. The van der Waals surface area contributed by atoms with E-state index in [1.54, 1.807) is 0 Å². The highest BCUT2D eigenvalue weighted by Gasteiger charge is 2.44. The molecular formula is C20H31N3O2S. The van der Waals surface area contributed by atoms with Gasteiger partial charge in [0, 0.05) is 30.0 Å². The number of rotatable bonds is 5. The summed E-state index contributed by atoms with van der Waals surface area (Å²) in [6, 6.07) is 1.14. The average molecular weight is 378 g/mol. The van der Waals surface area contributed by atoms with Crippen molar-refractivity contribution in [3.8, 4) is 0 Å². The molecule has 5 nitrogen and oxygen atoms in total. The van der Waals surface area contributed by atoms with Crippen molar-refractivity contribution in [1.82, 2.24) is 15.5 Å². The van der Waals surface area contributed by atoms with Crippen molar-refractivity contribution < 1.29 is 9.59 Å². The van der Waals surface area contributed by atoms with Crippen molar-refractivity contribution in [3.05, 3.63) is 0 Å². The molecule has 0 radical (unpaired) electrons. The van der Waals surface area contributed by atoms with Crippen LogP contribution in [0.3, 0.4) is 0 Å². The lowest BCUT2D eigenvalue weighted by Crippen LogP contribution is -2.42. The summed E-state index contributed by atoms with van der Waals surface area (Å²) in [5.74, 6) is 4.01. The van der Waals surface area contributed by atoms with Gasteiger partial charge in [-0.1, -0.05) is 6.42 Å². The van der Waals surface area contributed by atoms with Crippen LogP contribution in [0, 0.1) is 17.8 Å². The van der Waals surface area contributed by atoms with E-state index in [9.17, 15) is 9.59 Å². The largest absolute Gasteiger partial charge is 0.339 e. The van der Waals surface area contributed by atoms with Crippen molar-refractivity contribution in [1.29, 1.82) is 0 Å². The van der Waals surface area contributed by atoms with E-state index in [-0.39, 0.29) is 6.03 Å². The number of unbranched alkanes of at least 4 members (excludes halogenated alkanes) is 1. The van der Waals surface area contributed by atoms with Gasteiger partial charge in [-0.3, -0.25) is 4.79 Å². The summed E-state index contributed by atoms with van der Waals surface area (Å²) in [5, 5.41) is 6.57. The number of hydrogen-bond acceptors (Lipinski definition) is 3. The Hall–Kier alpha value is -0.910. The van der Waals surface area contributed by atoms with Gasteiger partial charge in [-0.15, -0.1) is 0 Å². The maximum Gasteiger partial charge on any atom is 0.315 e. The molecule has 2 saturated carbocycles. The maximum absolute atomic E-state index is 12.9. The van der Waals surface area contributed by atoms with Gasteiger partial charge in [0.25, 0.3) is 0 Å². The fourth-order valence-corrected chi connectivity index (χ4v) is 8.04. The molecule has 2 aliphatic carbocycles. The molecule has 2 unspecified atom stereocenters. The highest BCUT2D eigenvalue weighted by molar-refractivity contribution is 8.00. The first-order valence-corrected chi connectivity index (χ1v) is 11.7. The molecule has 6 rings (SSSR count). The first kappa shape index (κ1) is 17.2. The topological polar surface area (TPSA) is 61.4 Å². The van der Waals surface area contributed by atoms with Gasteiger partial charge >= 0.3 is 6.03 Å². The fourth-order valence-electron chi connectivity index (χ4n) is 6.50. The first-order valence-electron chi connectivity index (χ1n) is 10.6. The Kier molecular flexibility index (Phi) is 4.58. The number of hydrogen-bond donors (Lipinski definition) is 2. The zero-order valence-corrected chi connectivity index (χ0v) is 16.3. The van der Waals surface area contributed by atoms with E-state index in [1.165, 1.54) is 32.1 Å². The van der Waals surface area contributed by atoms with Crippen LogP contribution >= 0.6 is 11.8 Å². The third-order valence-corrected chi connectivity index (χ3v) is 9.00. The van der Waals surface area contributed by atoms with Crippen LogP contribution in [0.15, 0.2) is 0 Å². The summed E-state index contributed by atoms with van der Waals surface area (Å²) in [6.45, 7) is 1.04. The predicted molar refractivity (Wildman–Crippen MR) is 103 cm³/mol. The molecule has 0 aromatic rings. The molecule has 4 bridgehead atoms. The Morgan fingerprint density at radius 3 is 2.62 bits per heavy atom. The zero-order chi connectivity index (χ0) is 17.7. The molecule has 6 aliphatic rings. The minimum atomic E-state index is -0.00851. The lowest BCUT2D eigenvalue weighted by molar-refractivity contribution is -0.134. The van der Waals surface area contributed by atoms with Gasteiger partial charge in [0.2, 0.25) is 5.91 Å². The molecule has 0 spiro atoms. The maximum atomic E-state index is 12.9. The van der Waals surface area contributed by atoms with E-state index in [0.29, 0.717) is 35.7 Å². The summed E-state index contributed by atoms with van der Waals surface area (Å²) in [6.07, 6.45) is 10.6. The molecule has 144 valence electrons. The third-order valence-electron chi connectivity index (χ3n) is 7.49. The average Bonchev–Trinajstić information content (AvgIpc) is 3.07. The normalized spacial score (nSPS) is 43.2. The number of amides is 3. The van der Waals surface area contributed by atoms with Gasteiger partial charge in [0.05, 0.1) is 12.1 Å². The quantitative estimate of drug-likeness (QED) is 0.572. The van der Waals surface area contributed by atoms with Crippen LogP contribution in [0.25, 0.3) is 0 Å². The number of carbonyl (C=O) groups is 2. The Bertz CT molecular complexity index is 571. The fraction of sp³-hybridized carbons (Fsp3) is 0.900. The van der Waals surface area contributed by atoms with Crippen LogP contribution in [0.4, 0.5) is 4.79 Å². The highest BCUT2D eigenvalue weighted by atomic mass is 32.2. The van der Waals surface area contributed by atoms with E-state index >= 15 is 0 Å². The second-order valence-corrected chi connectivity index (χ2v) is 10.6. The Morgan fingerprint density at radius 2 is 1.81 bits per heavy atom. The van der Waals surface area contributed by atoms with Crippen molar-refractivity contribution in [3.63, 3.8) is 0 Å². The highest BCUT2D eigenvalue weighted by Crippen LogP contribution is 2.47. The van der Waals surface area contributed by atoms with Gasteiger partial charge in [-0.05, 0) is 62.7 Å². The monoisotopic (exact) mass is 377 g/mol. The number of thioether (sulfide) groups is 1. The summed E-state index contributed by atoms with van der Waals surface area (Å²) in [7, 11) is 0. The summed E-state index contributed by atoms with van der Waals surface area (Å²) in [5.41, 5.74) is 0. The van der Waals surface area contributed by atoms with Gasteiger partial charge in [-0.25, -0.2) is 4.79 Å². The molecule has 2 N–H and O–H groups in total. The van der Waals surface area contributed by atoms with Gasteiger partial charge < -0.3 is 15.5 Å². The SMILES string of the molecule is O=C1N[C@@H]2[C@H](CCCCC(=O)N3CC4C[C@@H]5CC3C[C@H](C4)C5)SC[C@H]2N1. The summed E-state index contributed by atoms with van der Waals surface area (Å²) in [4.78, 5) is 26.6. The Morgan fingerprint density at radius 1 is 1.04 bits per heavy atom. The van der Waals surface area contributed by atoms with E-state index < -0.39 is 0 Å². The lowest BCUT2D eigenvalue weighted by atomic mass is 9.68. The second-order valence-electron chi connectivity index (χ2n) is 9.34. The minimum absolute atomic E-state index is 0.00851. The molecule has 4 aliphatic heterocycles. The minimum Gasteiger partial charge on any atom is -0.339 e. The number of nitrogens with one attached hydrogen (secondary N) is 2. The van der Waals surface area contributed by atoms with E-state index in [4.69, 9.17) is 0 Å². The molecule has 7 atom stereocenters. The molecule has 0 aromatic carbocycles. The molecule has 6 fully saturated rings. The smallest absolute Gasteiger partial charge is 0.315 e. The van der Waals surface area contributed by atoms with Gasteiger partial charge in [0.1, 0.15) is 0 Å². The summed E-state index contributed by atoms with van der Waals surface area (Å²) >= 11 is 1.97. The van der Waals surface area contributed by atoms with Crippen molar-refractivity contribution in [2.75, 3.05) is 12.3 Å². The van der Waals surface area contributed by atoms with Crippen LogP contribution in [0.2, 0.25) is 0 Å². The molecule has 0 aromatic heterocycles. The standard InChI is InChI=1S/C20H31N3O2S/c24-18(23-10-14-6-12-5-13(7-14)9-15(23)8-12)4-2-1-3-17-19-16(11-26-17)21-20(25)22-19/h12-17,19H,1-11H2,(H2,21,22,25)/t12-,13+,14?,15?,16-,17+,19+/m1/s1. The number of urea groups is 1. The molecule has 3 amide bonds. The van der Waals surface area contributed by atoms with Crippen LogP contribution in [0.5, 0.6) is 0 Å². The summed E-state index contributed by atoms with van der Waals surface area (Å²) < 4.78 is 0. The van der Waals surface area contributed by atoms with Crippen LogP contribution in [-0.4, -0.2) is 52.5 Å². The molecule has 4 saturated heterocycles. The molecule has 4 heterocycles. The Labute approximate surface area is 160 Å². The van der Waals surface area contributed by atoms with Gasteiger partial charge in [-0.2, -0.15) is 11.8 Å². The van der Waals surface area contributed by atoms with Crippen LogP contribution in [-0.2, 0) is 4.79 Å². The zero-order valence-electron chi connectivity index (χ0n) is 15.5. The molecular weight excluding hydrogens is 346 g/mol. The second kappa shape index (κ2) is 6.92. The first-order chi connectivity index (χ1) is 12.7. The van der Waals surface area contributed by atoms with Crippen LogP contribution in [0.1, 0.15) is 57.8 Å². The predicted octanol–water partition coefficient (Wildman–Crippen LogP) is 2.75. The van der Waals surface area contributed by atoms with Crippen molar-refractivity contribution in [2.45, 2.75) is 81.2 Å².